The lowest BCUT2D eigenvalue weighted by atomic mass is 10.1. The van der Waals surface area contributed by atoms with Gasteiger partial charge in [-0.05, 0) is 61.6 Å². The van der Waals surface area contributed by atoms with Crippen molar-refractivity contribution in [3.8, 4) is 0 Å². The summed E-state index contributed by atoms with van der Waals surface area (Å²) in [6, 6.07) is 9.54. The number of aryl methyl sites for hydroxylation is 1. The summed E-state index contributed by atoms with van der Waals surface area (Å²) in [6.45, 7) is 3.47. The predicted octanol–water partition coefficient (Wildman–Crippen LogP) is 2.48. The van der Waals surface area contributed by atoms with Crippen molar-refractivity contribution in [1.29, 1.82) is 0 Å². The number of benzene rings is 2. The van der Waals surface area contributed by atoms with Gasteiger partial charge in [0.05, 0.1) is 16.3 Å². The van der Waals surface area contributed by atoms with Gasteiger partial charge in [-0.15, -0.1) is 0 Å². The highest BCUT2D eigenvalue weighted by Crippen LogP contribution is 2.28. The van der Waals surface area contributed by atoms with Crippen LogP contribution in [-0.4, -0.2) is 32.7 Å². The van der Waals surface area contributed by atoms with Crippen molar-refractivity contribution in [2.75, 3.05) is 27.5 Å². The zero-order valence-corrected chi connectivity index (χ0v) is 17.3. The lowest BCUT2D eigenvalue weighted by Gasteiger charge is -2.16. The Morgan fingerprint density at radius 2 is 1.71 bits per heavy atom. The molecule has 2 amide bonds. The molecule has 0 fully saturated rings. The molecule has 4 N–H and O–H groups in total. The van der Waals surface area contributed by atoms with Crippen LogP contribution >= 0.6 is 11.8 Å². The fourth-order valence-corrected chi connectivity index (χ4v) is 4.21. The SMILES string of the molecule is CSCC(=O)Nc1c(C)ccc(S(=O)(=O)Nc2ccc(NNC=O)cc2)c1C. The fourth-order valence-electron chi connectivity index (χ4n) is 2.56. The topological polar surface area (TPSA) is 116 Å². The van der Waals surface area contributed by atoms with Crippen molar-refractivity contribution in [3.05, 3.63) is 47.5 Å². The van der Waals surface area contributed by atoms with Gasteiger partial charge >= 0.3 is 0 Å². The molecule has 0 bridgehead atoms. The van der Waals surface area contributed by atoms with E-state index < -0.39 is 10.0 Å². The summed E-state index contributed by atoms with van der Waals surface area (Å²) in [5.41, 5.74) is 7.64. The number of amides is 2. The normalized spacial score (nSPS) is 10.8. The summed E-state index contributed by atoms with van der Waals surface area (Å²) < 4.78 is 28.2. The largest absolute Gasteiger partial charge is 0.325 e. The van der Waals surface area contributed by atoms with Crippen LogP contribution in [0.5, 0.6) is 0 Å². The lowest BCUT2D eigenvalue weighted by Crippen LogP contribution is -2.19. The Hall–Kier alpha value is -2.72. The van der Waals surface area contributed by atoms with E-state index in [1.54, 1.807) is 37.3 Å². The second-order valence-electron chi connectivity index (χ2n) is 5.93. The van der Waals surface area contributed by atoms with Crippen molar-refractivity contribution in [2.45, 2.75) is 18.7 Å². The van der Waals surface area contributed by atoms with Crippen LogP contribution in [0.15, 0.2) is 41.3 Å². The number of carbonyl (C=O) groups is 2. The molecule has 0 atom stereocenters. The van der Waals surface area contributed by atoms with Gasteiger partial charge < -0.3 is 5.32 Å². The minimum Gasteiger partial charge on any atom is -0.325 e. The number of nitrogens with one attached hydrogen (secondary N) is 4. The summed E-state index contributed by atoms with van der Waals surface area (Å²) >= 11 is 1.39. The van der Waals surface area contributed by atoms with Gasteiger partial charge in [-0.3, -0.25) is 25.2 Å². The van der Waals surface area contributed by atoms with Gasteiger partial charge in [-0.2, -0.15) is 11.8 Å². The van der Waals surface area contributed by atoms with E-state index in [0.717, 1.165) is 5.56 Å². The number of hydrogen-bond acceptors (Lipinski definition) is 6. The zero-order chi connectivity index (χ0) is 20.7. The van der Waals surface area contributed by atoms with Gasteiger partial charge in [-0.1, -0.05) is 6.07 Å². The minimum atomic E-state index is -3.86. The Labute approximate surface area is 168 Å². The third-order valence-electron chi connectivity index (χ3n) is 3.87. The molecule has 0 aliphatic carbocycles. The standard InChI is InChI=1S/C18H22N4O4S2/c1-12-4-9-16(13(2)18(12)20-17(24)10-27-3)28(25,26)22-15-7-5-14(6-8-15)21-19-11-23/h4-9,11,21-22H,10H2,1-3H3,(H,19,23)(H,20,24). The number of hydrazine groups is 1. The Kier molecular flexibility index (Phi) is 7.30. The van der Waals surface area contributed by atoms with E-state index >= 15 is 0 Å². The third kappa shape index (κ3) is 5.40. The second kappa shape index (κ2) is 9.47. The molecule has 2 aromatic rings. The third-order valence-corrected chi connectivity index (χ3v) is 5.94. The molecule has 0 aliphatic rings. The average Bonchev–Trinajstić information content (AvgIpc) is 2.64. The lowest BCUT2D eigenvalue weighted by molar-refractivity contribution is -0.114. The van der Waals surface area contributed by atoms with E-state index in [0.29, 0.717) is 29.0 Å². The molecule has 150 valence electrons. The van der Waals surface area contributed by atoms with Gasteiger partial charge in [-0.25, -0.2) is 8.42 Å². The molecular formula is C18H22N4O4S2. The molecule has 0 radical (unpaired) electrons. The average molecular weight is 423 g/mol. The van der Waals surface area contributed by atoms with Crippen LogP contribution in [-0.2, 0) is 19.6 Å². The molecule has 10 heteroatoms. The molecule has 8 nitrogen and oxygen atoms in total. The molecule has 0 saturated heterocycles. The number of anilines is 3. The van der Waals surface area contributed by atoms with Crippen LogP contribution in [0.3, 0.4) is 0 Å². The maximum atomic E-state index is 12.9. The second-order valence-corrected chi connectivity index (χ2v) is 8.45. The molecule has 28 heavy (non-hydrogen) atoms. The number of carbonyl (C=O) groups excluding carboxylic acids is 2. The van der Waals surface area contributed by atoms with E-state index in [1.165, 1.54) is 17.8 Å². The number of thioether (sulfide) groups is 1. The molecule has 0 unspecified atom stereocenters. The quantitative estimate of drug-likeness (QED) is 0.364. The van der Waals surface area contributed by atoms with Crippen LogP contribution in [0, 0.1) is 13.8 Å². The molecular weight excluding hydrogens is 400 g/mol. The van der Waals surface area contributed by atoms with E-state index in [-0.39, 0.29) is 16.6 Å². The highest BCUT2D eigenvalue weighted by atomic mass is 32.2. The number of rotatable bonds is 9. The Morgan fingerprint density at radius 3 is 2.32 bits per heavy atom. The molecule has 0 spiro atoms. The number of sulfonamides is 1. The highest BCUT2D eigenvalue weighted by Gasteiger charge is 2.21. The summed E-state index contributed by atoms with van der Waals surface area (Å²) in [7, 11) is -3.86. The van der Waals surface area contributed by atoms with Gasteiger partial charge in [0.15, 0.2) is 0 Å². The molecule has 2 rings (SSSR count). The maximum Gasteiger partial charge on any atom is 0.262 e. The van der Waals surface area contributed by atoms with Crippen molar-refractivity contribution in [1.82, 2.24) is 5.43 Å². The summed E-state index contributed by atoms with van der Waals surface area (Å²) in [5, 5.41) is 2.79. The predicted molar refractivity (Wildman–Crippen MR) is 113 cm³/mol. The van der Waals surface area contributed by atoms with Gasteiger partial charge in [0.1, 0.15) is 0 Å². The first-order valence-corrected chi connectivity index (χ1v) is 11.1. The Bertz CT molecular complexity index is 960. The van der Waals surface area contributed by atoms with Crippen LogP contribution in [0.1, 0.15) is 11.1 Å². The van der Waals surface area contributed by atoms with E-state index in [1.807, 2.05) is 13.2 Å². The van der Waals surface area contributed by atoms with Crippen LogP contribution in [0.2, 0.25) is 0 Å². The Morgan fingerprint density at radius 1 is 1.07 bits per heavy atom. The monoisotopic (exact) mass is 422 g/mol. The summed E-state index contributed by atoms with van der Waals surface area (Å²) in [6.07, 6.45) is 2.31. The van der Waals surface area contributed by atoms with E-state index in [9.17, 15) is 18.0 Å². The van der Waals surface area contributed by atoms with Crippen molar-refractivity contribution in [2.24, 2.45) is 0 Å². The maximum absolute atomic E-state index is 12.9. The molecule has 2 aromatic carbocycles. The molecule has 0 aliphatic heterocycles. The smallest absolute Gasteiger partial charge is 0.262 e. The van der Waals surface area contributed by atoms with Gasteiger partial charge in [0.2, 0.25) is 12.3 Å². The summed E-state index contributed by atoms with van der Waals surface area (Å²) in [4.78, 5) is 22.3. The number of hydrogen-bond donors (Lipinski definition) is 4. The van der Waals surface area contributed by atoms with Crippen LogP contribution < -0.4 is 20.9 Å². The van der Waals surface area contributed by atoms with Gasteiger partial charge in [0, 0.05) is 11.4 Å². The first-order valence-electron chi connectivity index (χ1n) is 8.25. The fraction of sp³-hybridized carbons (Fsp3) is 0.222. The first-order chi connectivity index (χ1) is 13.3. The molecule has 0 saturated carbocycles. The zero-order valence-electron chi connectivity index (χ0n) is 15.7. The first kappa shape index (κ1) is 21.6. The summed E-state index contributed by atoms with van der Waals surface area (Å²) in [5.74, 6) is 0.0983. The van der Waals surface area contributed by atoms with Crippen molar-refractivity contribution in [3.63, 3.8) is 0 Å². The van der Waals surface area contributed by atoms with Crippen LogP contribution in [0.25, 0.3) is 0 Å². The molecule has 0 aromatic heterocycles. The minimum absolute atomic E-state index is 0.0855. The highest BCUT2D eigenvalue weighted by molar-refractivity contribution is 7.99. The molecule has 0 heterocycles. The van der Waals surface area contributed by atoms with Crippen molar-refractivity contribution < 1.29 is 18.0 Å². The van der Waals surface area contributed by atoms with E-state index in [4.69, 9.17) is 0 Å². The van der Waals surface area contributed by atoms with Crippen molar-refractivity contribution >= 4 is 51.2 Å². The van der Waals surface area contributed by atoms with E-state index in [2.05, 4.69) is 20.9 Å². The Balaban J connectivity index is 2.27. The van der Waals surface area contributed by atoms with Gasteiger partial charge in [0.25, 0.3) is 10.0 Å². The van der Waals surface area contributed by atoms with Crippen LogP contribution in [0.4, 0.5) is 17.1 Å².